The van der Waals surface area contributed by atoms with Gasteiger partial charge >= 0.3 is 0 Å². The molecule has 2 fully saturated rings. The van der Waals surface area contributed by atoms with Crippen molar-refractivity contribution in [1.29, 1.82) is 0 Å². The van der Waals surface area contributed by atoms with Gasteiger partial charge in [-0.3, -0.25) is 19.3 Å². The van der Waals surface area contributed by atoms with E-state index in [1.54, 1.807) is 11.0 Å². The lowest BCUT2D eigenvalue weighted by Crippen LogP contribution is -2.60. The van der Waals surface area contributed by atoms with E-state index in [-0.39, 0.29) is 24.3 Å². The maximum atomic E-state index is 13.8. The molecule has 1 spiro atoms. The zero-order valence-corrected chi connectivity index (χ0v) is 21.8. The van der Waals surface area contributed by atoms with Gasteiger partial charge in [0.1, 0.15) is 11.8 Å². The molecule has 3 amide bonds. The van der Waals surface area contributed by atoms with E-state index in [4.69, 9.17) is 4.74 Å². The maximum Gasteiger partial charge on any atom is 0.256 e. The highest BCUT2D eigenvalue weighted by molar-refractivity contribution is 5.99. The van der Waals surface area contributed by atoms with E-state index in [0.717, 1.165) is 12.0 Å². The average Bonchev–Trinajstić information content (AvgIpc) is 3.25. The van der Waals surface area contributed by atoms with Gasteiger partial charge in [0, 0.05) is 43.6 Å². The molecular formula is C29H37N3O4. The number of nitrogens with zero attached hydrogens (tertiary/aromatic N) is 2. The van der Waals surface area contributed by atoms with Crippen LogP contribution in [0.1, 0.15) is 65.5 Å². The highest BCUT2D eigenvalue weighted by Crippen LogP contribution is 2.39. The van der Waals surface area contributed by atoms with E-state index < -0.39 is 11.8 Å². The lowest BCUT2D eigenvalue weighted by Gasteiger charge is -2.44. The van der Waals surface area contributed by atoms with Crippen molar-refractivity contribution in [2.75, 3.05) is 26.2 Å². The molecule has 1 N–H and O–H groups in total. The highest BCUT2D eigenvalue weighted by Gasteiger charge is 2.54. The number of carbonyl (C=O) groups excluding carboxylic acids is 3. The number of hydrogen-bond acceptors (Lipinski definition) is 4. The molecule has 2 aromatic carbocycles. The number of hydrogen-bond donors (Lipinski definition) is 1. The van der Waals surface area contributed by atoms with Crippen molar-refractivity contribution < 1.29 is 19.1 Å². The Bertz CT molecular complexity index is 1100. The first kappa shape index (κ1) is 25.9. The SMILES string of the molecule is CCc1ccc(C(=O)N2CCC3(CC2)OCC(C(=O)NCC(C)C)N3C(=O)c2cccc(C)c2)cc1. The third-order valence-electron chi connectivity index (χ3n) is 7.17. The number of aryl methyl sites for hydroxylation is 2. The van der Waals surface area contributed by atoms with Gasteiger partial charge in [-0.2, -0.15) is 0 Å². The van der Waals surface area contributed by atoms with Crippen LogP contribution in [0.5, 0.6) is 0 Å². The van der Waals surface area contributed by atoms with Crippen molar-refractivity contribution in [1.82, 2.24) is 15.1 Å². The predicted octanol–water partition coefficient (Wildman–Crippen LogP) is 3.80. The first-order chi connectivity index (χ1) is 17.2. The number of carbonyl (C=O) groups is 3. The molecule has 0 bridgehead atoms. The van der Waals surface area contributed by atoms with Gasteiger partial charge in [-0.05, 0) is 49.1 Å². The van der Waals surface area contributed by atoms with Crippen LogP contribution in [-0.4, -0.2) is 65.5 Å². The molecule has 36 heavy (non-hydrogen) atoms. The van der Waals surface area contributed by atoms with E-state index in [2.05, 4.69) is 12.2 Å². The number of amides is 3. The Labute approximate surface area is 213 Å². The molecule has 1 atom stereocenters. The van der Waals surface area contributed by atoms with Gasteiger partial charge in [0.15, 0.2) is 0 Å². The summed E-state index contributed by atoms with van der Waals surface area (Å²) in [6, 6.07) is 14.4. The summed E-state index contributed by atoms with van der Waals surface area (Å²) in [4.78, 5) is 43.6. The fourth-order valence-electron chi connectivity index (χ4n) is 5.03. The Hall–Kier alpha value is -3.19. The number of benzene rings is 2. The Kier molecular flexibility index (Phi) is 7.79. The summed E-state index contributed by atoms with van der Waals surface area (Å²) in [7, 11) is 0. The van der Waals surface area contributed by atoms with Crippen LogP contribution in [0, 0.1) is 12.8 Å². The van der Waals surface area contributed by atoms with Crippen LogP contribution in [0.4, 0.5) is 0 Å². The van der Waals surface area contributed by atoms with Crippen LogP contribution in [0.2, 0.25) is 0 Å². The number of nitrogens with one attached hydrogen (secondary N) is 1. The van der Waals surface area contributed by atoms with Crippen LogP contribution < -0.4 is 5.32 Å². The van der Waals surface area contributed by atoms with Crippen LogP contribution in [-0.2, 0) is 16.0 Å². The van der Waals surface area contributed by atoms with Gasteiger partial charge < -0.3 is 15.0 Å². The largest absolute Gasteiger partial charge is 0.354 e. The molecule has 192 valence electrons. The molecule has 0 aromatic heterocycles. The molecular weight excluding hydrogens is 454 g/mol. The van der Waals surface area contributed by atoms with Crippen molar-refractivity contribution in [3.05, 3.63) is 70.8 Å². The average molecular weight is 492 g/mol. The Morgan fingerprint density at radius 3 is 2.33 bits per heavy atom. The van der Waals surface area contributed by atoms with Crippen molar-refractivity contribution in [3.8, 4) is 0 Å². The Morgan fingerprint density at radius 1 is 1.03 bits per heavy atom. The summed E-state index contributed by atoms with van der Waals surface area (Å²) in [5.74, 6) is -0.132. The monoisotopic (exact) mass is 491 g/mol. The van der Waals surface area contributed by atoms with Crippen LogP contribution >= 0.6 is 0 Å². The molecule has 0 radical (unpaired) electrons. The van der Waals surface area contributed by atoms with Gasteiger partial charge in [0.25, 0.3) is 11.8 Å². The quantitative estimate of drug-likeness (QED) is 0.667. The zero-order valence-electron chi connectivity index (χ0n) is 21.8. The van der Waals surface area contributed by atoms with Crippen molar-refractivity contribution in [2.24, 2.45) is 5.92 Å². The van der Waals surface area contributed by atoms with E-state index >= 15 is 0 Å². The number of piperidine rings is 1. The first-order valence-electron chi connectivity index (χ1n) is 12.9. The first-order valence-corrected chi connectivity index (χ1v) is 12.9. The minimum absolute atomic E-state index is 0.0201. The number of ether oxygens (including phenoxy) is 1. The van der Waals surface area contributed by atoms with Gasteiger partial charge in [-0.15, -0.1) is 0 Å². The normalized spacial score (nSPS) is 19.1. The molecule has 2 saturated heterocycles. The van der Waals surface area contributed by atoms with Gasteiger partial charge in [-0.25, -0.2) is 0 Å². The topological polar surface area (TPSA) is 79.0 Å². The summed E-state index contributed by atoms with van der Waals surface area (Å²) in [6.45, 7) is 9.68. The fourth-order valence-corrected chi connectivity index (χ4v) is 5.03. The van der Waals surface area contributed by atoms with Crippen molar-refractivity contribution in [2.45, 2.75) is 58.7 Å². The third kappa shape index (κ3) is 5.31. The second-order valence-electron chi connectivity index (χ2n) is 10.3. The summed E-state index contributed by atoms with van der Waals surface area (Å²) in [5, 5.41) is 2.97. The summed E-state index contributed by atoms with van der Waals surface area (Å²) < 4.78 is 6.28. The van der Waals surface area contributed by atoms with Crippen LogP contribution in [0.15, 0.2) is 48.5 Å². The second kappa shape index (κ2) is 10.8. The lowest BCUT2D eigenvalue weighted by molar-refractivity contribution is -0.128. The number of rotatable bonds is 6. The molecule has 7 heteroatoms. The summed E-state index contributed by atoms with van der Waals surface area (Å²) >= 11 is 0. The second-order valence-corrected chi connectivity index (χ2v) is 10.3. The molecule has 2 aliphatic heterocycles. The Morgan fingerprint density at radius 2 is 1.72 bits per heavy atom. The Balaban J connectivity index is 1.55. The smallest absolute Gasteiger partial charge is 0.256 e. The van der Waals surface area contributed by atoms with E-state index in [0.29, 0.717) is 49.5 Å². The van der Waals surface area contributed by atoms with Crippen molar-refractivity contribution >= 4 is 17.7 Å². The van der Waals surface area contributed by atoms with E-state index in [1.165, 1.54) is 5.56 Å². The highest BCUT2D eigenvalue weighted by atomic mass is 16.5. The fraction of sp³-hybridized carbons (Fsp3) is 0.483. The van der Waals surface area contributed by atoms with Crippen LogP contribution in [0.3, 0.4) is 0 Å². The molecule has 1 unspecified atom stereocenters. The minimum atomic E-state index is -0.913. The third-order valence-corrected chi connectivity index (χ3v) is 7.17. The molecule has 0 saturated carbocycles. The van der Waals surface area contributed by atoms with Crippen molar-refractivity contribution in [3.63, 3.8) is 0 Å². The maximum absolute atomic E-state index is 13.8. The molecule has 7 nitrogen and oxygen atoms in total. The summed E-state index contributed by atoms with van der Waals surface area (Å²) in [6.07, 6.45) is 1.84. The molecule has 4 rings (SSSR count). The van der Waals surface area contributed by atoms with Crippen LogP contribution in [0.25, 0.3) is 0 Å². The minimum Gasteiger partial charge on any atom is -0.354 e. The zero-order chi connectivity index (χ0) is 25.9. The molecule has 2 aliphatic rings. The van der Waals surface area contributed by atoms with E-state index in [1.807, 2.05) is 68.1 Å². The lowest BCUT2D eigenvalue weighted by atomic mass is 9.95. The van der Waals surface area contributed by atoms with E-state index in [9.17, 15) is 14.4 Å². The summed E-state index contributed by atoms with van der Waals surface area (Å²) in [5.41, 5.74) is 2.45. The molecule has 0 aliphatic carbocycles. The number of likely N-dealkylation sites (tertiary alicyclic amines) is 1. The van der Waals surface area contributed by atoms with Gasteiger partial charge in [0.2, 0.25) is 5.91 Å². The molecule has 2 heterocycles. The molecule has 2 aromatic rings. The predicted molar refractivity (Wildman–Crippen MR) is 139 cm³/mol. The van der Waals surface area contributed by atoms with Gasteiger partial charge in [0.05, 0.1) is 6.61 Å². The standard InChI is InChI=1S/C29H37N3O4/c1-5-22-9-11-23(12-10-22)27(34)31-15-13-29(14-16-31)32(28(35)24-8-6-7-21(4)17-24)25(19-36-29)26(33)30-18-20(2)3/h6-12,17,20,25H,5,13-16,18-19H2,1-4H3,(H,30,33). The van der Waals surface area contributed by atoms with Gasteiger partial charge in [-0.1, -0.05) is 50.6 Å².